The van der Waals surface area contributed by atoms with Gasteiger partial charge >= 0.3 is 6.18 Å². The fourth-order valence-corrected chi connectivity index (χ4v) is 3.87. The van der Waals surface area contributed by atoms with Crippen molar-refractivity contribution in [1.29, 1.82) is 0 Å². The van der Waals surface area contributed by atoms with Gasteiger partial charge in [0.15, 0.2) is 0 Å². The molecular formula is C24H21F3N4O2. The van der Waals surface area contributed by atoms with E-state index in [1.165, 1.54) is 6.33 Å². The summed E-state index contributed by atoms with van der Waals surface area (Å²) >= 11 is 0. The van der Waals surface area contributed by atoms with Gasteiger partial charge in [-0.15, -0.1) is 0 Å². The average molecular weight is 454 g/mol. The van der Waals surface area contributed by atoms with Gasteiger partial charge in [0.05, 0.1) is 6.04 Å². The van der Waals surface area contributed by atoms with Crippen LogP contribution >= 0.6 is 0 Å². The van der Waals surface area contributed by atoms with Crippen LogP contribution in [-0.2, 0) is 9.59 Å². The summed E-state index contributed by atoms with van der Waals surface area (Å²) < 4.78 is 38.8. The van der Waals surface area contributed by atoms with Crippen molar-refractivity contribution in [1.82, 2.24) is 20.6 Å². The molecule has 0 aliphatic carbocycles. The maximum absolute atomic E-state index is 12.9. The fraction of sp³-hybridized carbons (Fsp3) is 0.250. The second-order valence-corrected chi connectivity index (χ2v) is 7.83. The first-order valence-corrected chi connectivity index (χ1v) is 10.4. The van der Waals surface area contributed by atoms with E-state index in [2.05, 4.69) is 15.3 Å². The van der Waals surface area contributed by atoms with Gasteiger partial charge < -0.3 is 10.6 Å². The molecule has 0 radical (unpaired) electrons. The van der Waals surface area contributed by atoms with Gasteiger partial charge in [0.25, 0.3) is 0 Å². The zero-order valence-electron chi connectivity index (χ0n) is 17.4. The van der Waals surface area contributed by atoms with Crippen LogP contribution in [0.25, 0.3) is 11.1 Å². The lowest BCUT2D eigenvalue weighted by atomic mass is 9.91. The molecular weight excluding hydrogens is 433 g/mol. The lowest BCUT2D eigenvalue weighted by Gasteiger charge is -2.31. The molecule has 2 heterocycles. The summed E-state index contributed by atoms with van der Waals surface area (Å²) in [7, 11) is 0. The van der Waals surface area contributed by atoms with Crippen molar-refractivity contribution in [2.24, 2.45) is 5.92 Å². The predicted octanol–water partition coefficient (Wildman–Crippen LogP) is 3.81. The molecule has 3 atom stereocenters. The maximum atomic E-state index is 12.9. The summed E-state index contributed by atoms with van der Waals surface area (Å²) in [6, 6.07) is 14.1. The molecule has 0 spiro atoms. The number of aromatic nitrogens is 2. The van der Waals surface area contributed by atoms with Crippen molar-refractivity contribution in [2.45, 2.75) is 31.1 Å². The van der Waals surface area contributed by atoms with E-state index in [-0.39, 0.29) is 12.8 Å². The Labute approximate surface area is 188 Å². The summed E-state index contributed by atoms with van der Waals surface area (Å²) in [6.45, 7) is 0. The number of carbonyl (C=O) groups is 2. The second-order valence-electron chi connectivity index (χ2n) is 7.83. The SMILES string of the molecule is O=C(NC(c1ccccc1)c1ccc(-c2cncnc2)cc1)C1CCC(C(F)(F)F)NC1=O. The maximum Gasteiger partial charge on any atom is 0.408 e. The van der Waals surface area contributed by atoms with E-state index in [0.29, 0.717) is 0 Å². The van der Waals surface area contributed by atoms with Gasteiger partial charge in [-0.1, -0.05) is 54.6 Å². The molecule has 3 aromatic rings. The molecule has 1 fully saturated rings. The first-order chi connectivity index (χ1) is 15.8. The molecule has 1 aliphatic rings. The molecule has 6 nitrogen and oxygen atoms in total. The van der Waals surface area contributed by atoms with Crippen molar-refractivity contribution in [3.05, 3.63) is 84.4 Å². The molecule has 33 heavy (non-hydrogen) atoms. The Balaban J connectivity index is 1.55. The van der Waals surface area contributed by atoms with Gasteiger partial charge in [-0.2, -0.15) is 13.2 Å². The number of hydrogen-bond acceptors (Lipinski definition) is 4. The smallest absolute Gasteiger partial charge is 0.344 e. The van der Waals surface area contributed by atoms with E-state index in [9.17, 15) is 22.8 Å². The Morgan fingerprint density at radius 1 is 0.939 bits per heavy atom. The lowest BCUT2D eigenvalue weighted by molar-refractivity contribution is -0.171. The number of alkyl halides is 3. The Bertz CT molecular complexity index is 1110. The first kappa shape index (κ1) is 22.4. The Morgan fingerprint density at radius 3 is 2.18 bits per heavy atom. The number of carbonyl (C=O) groups excluding carboxylic acids is 2. The van der Waals surface area contributed by atoms with Gasteiger partial charge in [0.1, 0.15) is 18.3 Å². The quantitative estimate of drug-likeness (QED) is 0.575. The van der Waals surface area contributed by atoms with Crippen LogP contribution in [0.4, 0.5) is 13.2 Å². The van der Waals surface area contributed by atoms with Crippen LogP contribution in [0.5, 0.6) is 0 Å². The van der Waals surface area contributed by atoms with Crippen LogP contribution < -0.4 is 10.6 Å². The molecule has 1 saturated heterocycles. The molecule has 170 valence electrons. The third-order valence-corrected chi connectivity index (χ3v) is 5.65. The Morgan fingerprint density at radius 2 is 1.58 bits per heavy atom. The largest absolute Gasteiger partial charge is 0.408 e. The topological polar surface area (TPSA) is 84.0 Å². The molecule has 0 saturated carbocycles. The van der Waals surface area contributed by atoms with Gasteiger partial charge in [-0.05, 0) is 29.5 Å². The Hall–Kier alpha value is -3.75. The zero-order valence-corrected chi connectivity index (χ0v) is 17.4. The highest BCUT2D eigenvalue weighted by Gasteiger charge is 2.46. The third kappa shape index (κ3) is 5.19. The van der Waals surface area contributed by atoms with Crippen molar-refractivity contribution >= 4 is 11.8 Å². The zero-order chi connectivity index (χ0) is 23.4. The number of nitrogens with one attached hydrogen (secondary N) is 2. The van der Waals surface area contributed by atoms with Crippen LogP contribution in [0.1, 0.15) is 30.0 Å². The van der Waals surface area contributed by atoms with Gasteiger partial charge in [-0.3, -0.25) is 9.59 Å². The number of hydrogen-bond donors (Lipinski definition) is 2. The van der Waals surface area contributed by atoms with Gasteiger partial charge in [-0.25, -0.2) is 9.97 Å². The Kier molecular flexibility index (Phi) is 6.39. The number of amides is 2. The van der Waals surface area contributed by atoms with Crippen molar-refractivity contribution in [3.8, 4) is 11.1 Å². The molecule has 0 bridgehead atoms. The van der Waals surface area contributed by atoms with Gasteiger partial charge in [0.2, 0.25) is 11.8 Å². The molecule has 9 heteroatoms. The highest BCUT2D eigenvalue weighted by atomic mass is 19.4. The first-order valence-electron chi connectivity index (χ1n) is 10.4. The van der Waals surface area contributed by atoms with E-state index in [4.69, 9.17) is 0 Å². The van der Waals surface area contributed by atoms with Crippen LogP contribution in [0.15, 0.2) is 73.3 Å². The van der Waals surface area contributed by atoms with E-state index < -0.39 is 36.0 Å². The minimum Gasteiger partial charge on any atom is -0.344 e. The van der Waals surface area contributed by atoms with Crippen LogP contribution in [0, 0.1) is 5.92 Å². The van der Waals surface area contributed by atoms with Crippen molar-refractivity contribution in [2.75, 3.05) is 0 Å². The second kappa shape index (κ2) is 9.40. The van der Waals surface area contributed by atoms with Crippen molar-refractivity contribution < 1.29 is 22.8 Å². The van der Waals surface area contributed by atoms with E-state index in [1.54, 1.807) is 12.4 Å². The van der Waals surface area contributed by atoms with E-state index in [0.717, 1.165) is 22.3 Å². The highest BCUT2D eigenvalue weighted by Crippen LogP contribution is 2.30. The molecule has 3 unspecified atom stereocenters. The summed E-state index contributed by atoms with van der Waals surface area (Å²) in [5, 5.41) is 4.79. The summed E-state index contributed by atoms with van der Waals surface area (Å²) in [5.41, 5.74) is 3.27. The van der Waals surface area contributed by atoms with Crippen LogP contribution in [0.2, 0.25) is 0 Å². The standard InChI is InChI=1S/C24H21F3N4O2/c25-24(26,27)20-11-10-19(22(32)30-20)23(33)31-21(16-4-2-1-3-5-16)17-8-6-15(7-9-17)18-12-28-14-29-13-18/h1-9,12-14,19-21H,10-11H2,(H,30,32)(H,31,33). The van der Waals surface area contributed by atoms with E-state index in [1.807, 2.05) is 59.9 Å². The summed E-state index contributed by atoms with van der Waals surface area (Å²) in [5.74, 6) is -2.70. The molecule has 2 N–H and O–H groups in total. The van der Waals surface area contributed by atoms with Crippen molar-refractivity contribution in [3.63, 3.8) is 0 Å². The number of benzene rings is 2. The fourth-order valence-electron chi connectivity index (χ4n) is 3.87. The highest BCUT2D eigenvalue weighted by molar-refractivity contribution is 6.01. The average Bonchev–Trinajstić information content (AvgIpc) is 2.83. The van der Waals surface area contributed by atoms with Crippen LogP contribution in [-0.4, -0.2) is 34.0 Å². The van der Waals surface area contributed by atoms with Crippen LogP contribution in [0.3, 0.4) is 0 Å². The normalized spacial score (nSPS) is 19.4. The number of piperidine rings is 1. The third-order valence-electron chi connectivity index (χ3n) is 5.65. The molecule has 1 aliphatic heterocycles. The number of halogens is 3. The van der Waals surface area contributed by atoms with E-state index >= 15 is 0 Å². The lowest BCUT2D eigenvalue weighted by Crippen LogP contribution is -2.54. The summed E-state index contributed by atoms with van der Waals surface area (Å²) in [4.78, 5) is 33.2. The molecule has 1 aromatic heterocycles. The summed E-state index contributed by atoms with van der Waals surface area (Å²) in [6.07, 6.45) is -0.220. The molecule has 2 aromatic carbocycles. The minimum absolute atomic E-state index is 0.170. The monoisotopic (exact) mass is 454 g/mol. The molecule has 2 amide bonds. The predicted molar refractivity (Wildman–Crippen MR) is 115 cm³/mol. The number of rotatable bonds is 5. The minimum atomic E-state index is -4.53. The van der Waals surface area contributed by atoms with Gasteiger partial charge in [0, 0.05) is 18.0 Å². The molecule has 4 rings (SSSR count). The number of nitrogens with zero attached hydrogens (tertiary/aromatic N) is 2.